The molecule has 0 saturated heterocycles. The van der Waals surface area contributed by atoms with E-state index in [1.165, 1.54) is 7.76 Å². The number of hydrogen-bond donors (Lipinski definition) is 2. The molecule has 1 saturated carbocycles. The van der Waals surface area contributed by atoms with Gasteiger partial charge in [-0.1, -0.05) is 0 Å². The van der Waals surface area contributed by atoms with Gasteiger partial charge in [-0.15, -0.1) is 11.3 Å². The molecule has 0 radical (unpaired) electrons. The van der Waals surface area contributed by atoms with E-state index < -0.39 is 11.4 Å². The third kappa shape index (κ3) is 2.79. The number of carbonyl (C=O) groups is 2. The van der Waals surface area contributed by atoms with Crippen LogP contribution in [0, 0.1) is 8.30 Å². The fraction of sp³-hybridized carbons (Fsp3) is 0.455. The summed E-state index contributed by atoms with van der Waals surface area (Å²) >= 11 is 3.94. The summed E-state index contributed by atoms with van der Waals surface area (Å²) in [5, 5.41) is 11.6. The van der Waals surface area contributed by atoms with Gasteiger partial charge in [0.05, 0.1) is 2.88 Å². The van der Waals surface area contributed by atoms with E-state index in [4.69, 9.17) is 5.11 Å². The fourth-order valence-electron chi connectivity index (χ4n) is 1.62. The highest BCUT2D eigenvalue weighted by molar-refractivity contribution is 14.1. The Morgan fingerprint density at radius 2 is 2.18 bits per heavy atom. The molecule has 1 heterocycles. The maximum absolute atomic E-state index is 11.7. The molecule has 92 valence electrons. The first-order valence-electron chi connectivity index (χ1n) is 5.30. The van der Waals surface area contributed by atoms with Crippen molar-refractivity contribution in [3.05, 3.63) is 19.9 Å². The first-order valence-corrected chi connectivity index (χ1v) is 7.20. The lowest BCUT2D eigenvalue weighted by Crippen LogP contribution is -2.37. The van der Waals surface area contributed by atoms with Crippen LogP contribution in [-0.2, 0) is 16.0 Å². The molecule has 0 atom stereocenters. The van der Waals surface area contributed by atoms with Crippen LogP contribution < -0.4 is 5.32 Å². The van der Waals surface area contributed by atoms with Gasteiger partial charge in [0.2, 0.25) is 5.91 Å². The van der Waals surface area contributed by atoms with E-state index in [0.29, 0.717) is 19.4 Å². The Bertz CT molecular complexity index is 453. The number of carboxylic acid groups (broad SMARTS) is 1. The first-order chi connectivity index (χ1) is 8.04. The highest BCUT2D eigenvalue weighted by Crippen LogP contribution is 2.46. The molecule has 0 bridgehead atoms. The minimum Gasteiger partial charge on any atom is -0.480 e. The van der Waals surface area contributed by atoms with Crippen molar-refractivity contribution in [3.8, 4) is 0 Å². The molecule has 2 N–H and O–H groups in total. The summed E-state index contributed by atoms with van der Waals surface area (Å²) in [4.78, 5) is 23.8. The van der Waals surface area contributed by atoms with Crippen molar-refractivity contribution in [2.75, 3.05) is 6.54 Å². The minimum atomic E-state index is -1.12. The van der Waals surface area contributed by atoms with Gasteiger partial charge in [0.25, 0.3) is 0 Å². The third-order valence-corrected chi connectivity index (χ3v) is 4.83. The van der Waals surface area contributed by atoms with Crippen LogP contribution in [0.25, 0.3) is 0 Å². The molecule has 17 heavy (non-hydrogen) atoms. The second-order valence-corrected chi connectivity index (χ2v) is 7.16. The zero-order valence-corrected chi connectivity index (χ0v) is 12.0. The average Bonchev–Trinajstić information content (AvgIpc) is 2.99. The van der Waals surface area contributed by atoms with Gasteiger partial charge in [0.15, 0.2) is 0 Å². The maximum Gasteiger partial charge on any atom is 0.319 e. The second-order valence-electron chi connectivity index (χ2n) is 4.10. The Morgan fingerprint density at radius 3 is 2.65 bits per heavy atom. The molecule has 0 spiro atoms. The molecule has 2 rings (SSSR count). The monoisotopic (exact) mass is 365 g/mol. The standard InChI is InChI=1S/C11H12INO3S/c12-8-2-1-7(17-8)3-6-13-9(14)11(4-5-11)10(15)16/h1-2H,3-6H2,(H,13,14)(H,15,16). The number of thiophene rings is 1. The molecular formula is C11H12INO3S. The van der Waals surface area contributed by atoms with Gasteiger partial charge in [0.1, 0.15) is 5.41 Å². The summed E-state index contributed by atoms with van der Waals surface area (Å²) in [5.74, 6) is -1.34. The van der Waals surface area contributed by atoms with Gasteiger partial charge in [-0.25, -0.2) is 0 Å². The van der Waals surface area contributed by atoms with Crippen LogP contribution in [0.4, 0.5) is 0 Å². The van der Waals surface area contributed by atoms with E-state index in [2.05, 4.69) is 27.9 Å². The number of nitrogens with one attached hydrogen (secondary N) is 1. The lowest BCUT2D eigenvalue weighted by Gasteiger charge is -2.09. The second kappa shape index (κ2) is 4.93. The van der Waals surface area contributed by atoms with E-state index in [-0.39, 0.29) is 5.91 Å². The molecule has 1 aromatic rings. The van der Waals surface area contributed by atoms with Crippen LogP contribution in [0.15, 0.2) is 12.1 Å². The van der Waals surface area contributed by atoms with E-state index in [1.54, 1.807) is 11.3 Å². The Kier molecular flexibility index (Phi) is 3.72. The van der Waals surface area contributed by atoms with Gasteiger partial charge in [-0.05, 0) is 54.0 Å². The van der Waals surface area contributed by atoms with Crippen molar-refractivity contribution in [2.45, 2.75) is 19.3 Å². The van der Waals surface area contributed by atoms with Crippen LogP contribution in [0.2, 0.25) is 0 Å². The summed E-state index contributed by atoms with van der Waals surface area (Å²) in [7, 11) is 0. The maximum atomic E-state index is 11.7. The van der Waals surface area contributed by atoms with Crippen LogP contribution in [0.3, 0.4) is 0 Å². The van der Waals surface area contributed by atoms with E-state index >= 15 is 0 Å². The van der Waals surface area contributed by atoms with Crippen LogP contribution in [0.1, 0.15) is 17.7 Å². The molecule has 0 aromatic carbocycles. The molecular weight excluding hydrogens is 353 g/mol. The number of carboxylic acids is 1. The minimum absolute atomic E-state index is 0.337. The number of amides is 1. The average molecular weight is 365 g/mol. The zero-order chi connectivity index (χ0) is 12.5. The van der Waals surface area contributed by atoms with Gasteiger partial charge >= 0.3 is 5.97 Å². The lowest BCUT2D eigenvalue weighted by atomic mass is 10.1. The number of rotatable bonds is 5. The highest BCUT2D eigenvalue weighted by atomic mass is 127. The first kappa shape index (κ1) is 12.8. The van der Waals surface area contributed by atoms with E-state index in [9.17, 15) is 9.59 Å². The molecule has 1 aromatic heterocycles. The summed E-state index contributed by atoms with van der Waals surface area (Å²) < 4.78 is 1.22. The van der Waals surface area contributed by atoms with Gasteiger partial charge < -0.3 is 10.4 Å². The summed E-state index contributed by atoms with van der Waals surface area (Å²) in [6.45, 7) is 0.504. The van der Waals surface area contributed by atoms with E-state index in [0.717, 1.165) is 6.42 Å². The molecule has 4 nitrogen and oxygen atoms in total. The van der Waals surface area contributed by atoms with Crippen molar-refractivity contribution in [2.24, 2.45) is 5.41 Å². The van der Waals surface area contributed by atoms with Crippen molar-refractivity contribution in [1.29, 1.82) is 0 Å². The van der Waals surface area contributed by atoms with Gasteiger partial charge in [0, 0.05) is 11.4 Å². The lowest BCUT2D eigenvalue weighted by molar-refractivity contribution is -0.149. The van der Waals surface area contributed by atoms with Crippen LogP contribution in [-0.4, -0.2) is 23.5 Å². The molecule has 6 heteroatoms. The smallest absolute Gasteiger partial charge is 0.319 e. The Labute approximate surface area is 117 Å². The zero-order valence-electron chi connectivity index (χ0n) is 9.03. The van der Waals surface area contributed by atoms with Gasteiger partial charge in [-0.2, -0.15) is 0 Å². The molecule has 1 fully saturated rings. The number of aliphatic carboxylic acids is 1. The predicted octanol–water partition coefficient (Wildman–Crippen LogP) is 1.88. The predicted molar refractivity (Wildman–Crippen MR) is 73.1 cm³/mol. The SMILES string of the molecule is O=C(O)C1(C(=O)NCCc2ccc(I)s2)CC1. The Morgan fingerprint density at radius 1 is 1.47 bits per heavy atom. The molecule has 1 aliphatic carbocycles. The fourth-order valence-corrected chi connectivity index (χ4v) is 3.37. The summed E-state index contributed by atoms with van der Waals surface area (Å²) in [6, 6.07) is 4.06. The quantitative estimate of drug-likeness (QED) is 0.619. The Balaban J connectivity index is 1.79. The van der Waals surface area contributed by atoms with Crippen molar-refractivity contribution < 1.29 is 14.7 Å². The third-order valence-electron chi connectivity index (χ3n) is 2.88. The van der Waals surface area contributed by atoms with Crippen LogP contribution in [0.5, 0.6) is 0 Å². The normalized spacial score (nSPS) is 16.5. The van der Waals surface area contributed by atoms with Crippen molar-refractivity contribution in [3.63, 3.8) is 0 Å². The summed E-state index contributed by atoms with van der Waals surface area (Å²) in [6.07, 6.45) is 1.69. The molecule has 0 unspecified atom stereocenters. The number of halogens is 1. The summed E-state index contributed by atoms with van der Waals surface area (Å²) in [5.41, 5.74) is -1.12. The molecule has 1 amide bonds. The topological polar surface area (TPSA) is 66.4 Å². The number of carbonyl (C=O) groups excluding carboxylic acids is 1. The highest BCUT2D eigenvalue weighted by Gasteiger charge is 2.56. The molecule has 0 aliphatic heterocycles. The van der Waals surface area contributed by atoms with Crippen LogP contribution >= 0.6 is 33.9 Å². The van der Waals surface area contributed by atoms with Gasteiger partial charge in [-0.3, -0.25) is 9.59 Å². The van der Waals surface area contributed by atoms with Crippen molar-refractivity contribution in [1.82, 2.24) is 5.32 Å². The van der Waals surface area contributed by atoms with E-state index in [1.807, 2.05) is 12.1 Å². The number of hydrogen-bond acceptors (Lipinski definition) is 3. The Hall–Kier alpha value is -0.630. The molecule has 1 aliphatic rings. The largest absolute Gasteiger partial charge is 0.480 e. The van der Waals surface area contributed by atoms with Crippen molar-refractivity contribution >= 4 is 45.8 Å².